The second kappa shape index (κ2) is 7.09. The van der Waals surface area contributed by atoms with Crippen molar-refractivity contribution in [2.45, 2.75) is 13.0 Å². The van der Waals surface area contributed by atoms with Gasteiger partial charge >= 0.3 is 6.03 Å². The monoisotopic (exact) mass is 398 g/mol. The van der Waals surface area contributed by atoms with Gasteiger partial charge < -0.3 is 4.74 Å². The molecule has 1 aliphatic rings. The lowest BCUT2D eigenvalue weighted by Crippen LogP contribution is -2.47. The summed E-state index contributed by atoms with van der Waals surface area (Å²) >= 11 is 5.99. The predicted octanol–water partition coefficient (Wildman–Crippen LogP) is 5.12. The summed E-state index contributed by atoms with van der Waals surface area (Å²) in [6.07, 6.45) is 1.56. The molecule has 1 atom stereocenters. The number of halogens is 2. The number of benzene rings is 2. The van der Waals surface area contributed by atoms with Gasteiger partial charge in [-0.25, -0.2) is 19.1 Å². The zero-order chi connectivity index (χ0) is 19.8. The average molecular weight is 399 g/mol. The first kappa shape index (κ1) is 18.2. The number of fused-ring (bicyclic) bond motifs is 1. The molecule has 142 valence electrons. The summed E-state index contributed by atoms with van der Waals surface area (Å²) in [5.74, 6) is 0.188. The lowest BCUT2D eigenvalue weighted by molar-refractivity contribution is 0.250. The highest BCUT2D eigenvalue weighted by molar-refractivity contribution is 6.28. The summed E-state index contributed by atoms with van der Waals surface area (Å²) < 4.78 is 19.9. The molecule has 0 saturated carbocycles. The molecule has 1 aliphatic heterocycles. The summed E-state index contributed by atoms with van der Waals surface area (Å²) in [7, 11) is 1.46. The molecule has 8 heteroatoms. The van der Waals surface area contributed by atoms with Crippen LogP contribution in [-0.2, 0) is 0 Å². The van der Waals surface area contributed by atoms with Gasteiger partial charge in [-0.3, -0.25) is 4.90 Å². The Morgan fingerprint density at radius 1 is 1.18 bits per heavy atom. The number of ether oxygens (including phenoxy) is 1. The molecule has 0 bridgehead atoms. The third-order valence-corrected chi connectivity index (χ3v) is 4.82. The molecule has 2 aromatic carbocycles. The number of urea groups is 1. The molecule has 0 radical (unpaired) electrons. The summed E-state index contributed by atoms with van der Waals surface area (Å²) in [5.41, 5.74) is 1.39. The molecule has 6 nitrogen and oxygen atoms in total. The van der Waals surface area contributed by atoms with Crippen molar-refractivity contribution in [3.8, 4) is 5.75 Å². The smallest absolute Gasteiger partial charge is 0.335 e. The summed E-state index contributed by atoms with van der Waals surface area (Å²) in [4.78, 5) is 24.6. The molecule has 0 aliphatic carbocycles. The summed E-state index contributed by atoms with van der Waals surface area (Å²) in [6, 6.07) is 12.4. The van der Waals surface area contributed by atoms with Crippen molar-refractivity contribution in [1.82, 2.24) is 9.97 Å². The third-order valence-electron chi connectivity index (χ3n) is 4.64. The van der Waals surface area contributed by atoms with Gasteiger partial charge in [0.25, 0.3) is 0 Å². The Kier molecular flexibility index (Phi) is 4.60. The molecule has 0 spiro atoms. The number of aromatic nitrogens is 2. The van der Waals surface area contributed by atoms with Crippen LogP contribution in [0.1, 0.15) is 18.5 Å². The molecule has 1 aromatic heterocycles. The van der Waals surface area contributed by atoms with E-state index in [9.17, 15) is 9.18 Å². The minimum absolute atomic E-state index is 0.0313. The fraction of sp³-hybridized carbons (Fsp3) is 0.150. The normalized spacial score (nSPS) is 16.1. The highest BCUT2D eigenvalue weighted by atomic mass is 35.5. The quantitative estimate of drug-likeness (QED) is 0.575. The Balaban J connectivity index is 1.90. The maximum Gasteiger partial charge on any atom is 0.335 e. The molecule has 2 heterocycles. The Morgan fingerprint density at radius 2 is 1.93 bits per heavy atom. The van der Waals surface area contributed by atoms with E-state index in [-0.39, 0.29) is 11.0 Å². The lowest BCUT2D eigenvalue weighted by Gasteiger charge is -2.40. The lowest BCUT2D eigenvalue weighted by atomic mass is 10.0. The number of carbonyl (C=O) groups excluding carboxylic acids is 1. The Labute approximate surface area is 166 Å². The van der Waals surface area contributed by atoms with Crippen molar-refractivity contribution >= 4 is 34.8 Å². The van der Waals surface area contributed by atoms with Crippen LogP contribution in [-0.4, -0.2) is 23.1 Å². The van der Waals surface area contributed by atoms with Crippen LogP contribution in [0.25, 0.3) is 0 Å². The van der Waals surface area contributed by atoms with Crippen LogP contribution >= 0.6 is 11.6 Å². The Morgan fingerprint density at radius 3 is 2.61 bits per heavy atom. The summed E-state index contributed by atoms with van der Waals surface area (Å²) in [6.45, 7) is 1.79. The van der Waals surface area contributed by atoms with Gasteiger partial charge in [-0.1, -0.05) is 18.2 Å². The van der Waals surface area contributed by atoms with Gasteiger partial charge in [0, 0.05) is 17.8 Å². The van der Waals surface area contributed by atoms with E-state index in [0.717, 1.165) is 0 Å². The van der Waals surface area contributed by atoms with Crippen molar-refractivity contribution in [3.63, 3.8) is 0 Å². The number of methoxy groups -OCH3 is 1. The number of amides is 2. The molecule has 0 fully saturated rings. The van der Waals surface area contributed by atoms with Gasteiger partial charge in [0.15, 0.2) is 11.6 Å². The molecule has 3 aromatic rings. The Bertz CT molecular complexity index is 1050. The van der Waals surface area contributed by atoms with Crippen LogP contribution in [0.4, 0.5) is 26.4 Å². The van der Waals surface area contributed by atoms with Gasteiger partial charge in [0.1, 0.15) is 5.75 Å². The van der Waals surface area contributed by atoms with E-state index in [2.05, 4.69) is 9.97 Å². The second-order valence-electron chi connectivity index (χ2n) is 6.23. The molecule has 1 unspecified atom stereocenters. The van der Waals surface area contributed by atoms with Gasteiger partial charge in [-0.2, -0.15) is 4.98 Å². The van der Waals surface area contributed by atoms with E-state index < -0.39 is 17.9 Å². The van der Waals surface area contributed by atoms with Crippen LogP contribution in [0, 0.1) is 5.82 Å². The van der Waals surface area contributed by atoms with Crippen LogP contribution in [0.2, 0.25) is 5.28 Å². The number of nitrogens with zero attached hydrogens (tertiary/aromatic N) is 4. The standard InChI is InChI=1S/C20H16ClFN4O2/c1-12-15-11-23-19(21)24-18(15)26(13-6-4-3-5-7-13)20(27)25(12)17-9-8-14(28-2)10-16(17)22/h3-12H,1-2H3. The number of rotatable bonds is 3. The fourth-order valence-corrected chi connectivity index (χ4v) is 3.40. The van der Waals surface area contributed by atoms with Crippen LogP contribution in [0.3, 0.4) is 0 Å². The highest BCUT2D eigenvalue weighted by Crippen LogP contribution is 2.42. The summed E-state index contributed by atoms with van der Waals surface area (Å²) in [5, 5.41) is 0.0313. The van der Waals surface area contributed by atoms with Crippen molar-refractivity contribution in [1.29, 1.82) is 0 Å². The minimum Gasteiger partial charge on any atom is -0.497 e. The number of para-hydroxylation sites is 1. The van der Waals surface area contributed by atoms with Gasteiger partial charge in [-0.05, 0) is 42.8 Å². The average Bonchev–Trinajstić information content (AvgIpc) is 2.70. The number of carbonyl (C=O) groups is 1. The van der Waals surface area contributed by atoms with Gasteiger partial charge in [0.05, 0.1) is 24.5 Å². The predicted molar refractivity (Wildman–Crippen MR) is 105 cm³/mol. The first-order valence-corrected chi connectivity index (χ1v) is 8.93. The molecule has 28 heavy (non-hydrogen) atoms. The molecular weight excluding hydrogens is 383 g/mol. The van der Waals surface area contributed by atoms with Crippen molar-refractivity contribution in [2.24, 2.45) is 0 Å². The number of anilines is 3. The number of hydrogen-bond donors (Lipinski definition) is 0. The molecule has 0 saturated heterocycles. The van der Waals surface area contributed by atoms with Gasteiger partial charge in [0.2, 0.25) is 5.28 Å². The van der Waals surface area contributed by atoms with Crippen LogP contribution in [0.5, 0.6) is 5.75 Å². The van der Waals surface area contributed by atoms with Crippen LogP contribution < -0.4 is 14.5 Å². The van der Waals surface area contributed by atoms with Crippen molar-refractivity contribution in [3.05, 3.63) is 71.4 Å². The number of hydrogen-bond acceptors (Lipinski definition) is 4. The zero-order valence-electron chi connectivity index (χ0n) is 15.1. The van der Waals surface area contributed by atoms with Crippen LogP contribution in [0.15, 0.2) is 54.7 Å². The molecule has 2 amide bonds. The molecule has 4 rings (SSSR count). The van der Waals surface area contributed by atoms with E-state index in [1.165, 1.54) is 29.0 Å². The van der Waals surface area contributed by atoms with E-state index in [1.54, 1.807) is 43.5 Å². The van der Waals surface area contributed by atoms with E-state index >= 15 is 0 Å². The fourth-order valence-electron chi connectivity index (χ4n) is 3.27. The topological polar surface area (TPSA) is 58.6 Å². The SMILES string of the molecule is COc1ccc(N2C(=O)N(c3ccccc3)c3nc(Cl)ncc3C2C)c(F)c1. The molecule has 0 N–H and O–H groups in total. The first-order chi connectivity index (χ1) is 13.5. The largest absolute Gasteiger partial charge is 0.497 e. The second-order valence-corrected chi connectivity index (χ2v) is 6.57. The maximum absolute atomic E-state index is 14.8. The minimum atomic E-state index is -0.564. The van der Waals surface area contributed by atoms with Crippen molar-refractivity contribution in [2.75, 3.05) is 16.9 Å². The molecular formula is C20H16ClFN4O2. The maximum atomic E-state index is 14.8. The van der Waals surface area contributed by atoms with E-state index in [4.69, 9.17) is 16.3 Å². The highest BCUT2D eigenvalue weighted by Gasteiger charge is 2.39. The van der Waals surface area contributed by atoms with Gasteiger partial charge in [-0.15, -0.1) is 0 Å². The first-order valence-electron chi connectivity index (χ1n) is 8.55. The zero-order valence-corrected chi connectivity index (χ0v) is 15.9. The van der Waals surface area contributed by atoms with Crippen molar-refractivity contribution < 1.29 is 13.9 Å². The van der Waals surface area contributed by atoms with E-state index in [0.29, 0.717) is 22.8 Å². The third kappa shape index (κ3) is 2.93. The Hall–Kier alpha value is -3.19. The van der Waals surface area contributed by atoms with E-state index in [1.807, 2.05) is 6.07 Å².